The van der Waals surface area contributed by atoms with Crippen LogP contribution in [0.3, 0.4) is 0 Å². The fourth-order valence-corrected chi connectivity index (χ4v) is 0. The third kappa shape index (κ3) is 2870. The van der Waals surface area contributed by atoms with Crippen molar-refractivity contribution in [2.75, 3.05) is 0 Å². The normalized spacial score (nSPS) is 11.2. The van der Waals surface area contributed by atoms with E-state index in [1.54, 1.807) is 0 Å². The molecule has 102 valence electrons. The van der Waals surface area contributed by atoms with Gasteiger partial charge in [0.2, 0.25) is 0 Å². The van der Waals surface area contributed by atoms with Crippen molar-refractivity contribution in [1.82, 2.24) is 0 Å². The van der Waals surface area contributed by atoms with E-state index in [1.807, 2.05) is 0 Å². The summed E-state index contributed by atoms with van der Waals surface area (Å²) >= 11 is 0. The third-order valence-electron chi connectivity index (χ3n) is 0. The maximum Gasteiger partial charge on any atom is 3.00 e. The summed E-state index contributed by atoms with van der Waals surface area (Å²) in [7, 11) is -14.8. The second-order valence-corrected chi connectivity index (χ2v) is 3.40. The predicted molar refractivity (Wildman–Crippen MR) is 0 cm³/mol. The first-order valence-electron chi connectivity index (χ1n) is 1.85. The van der Waals surface area contributed by atoms with Gasteiger partial charge in [0.05, 0.1) is 0 Å². The van der Waals surface area contributed by atoms with Crippen LogP contribution in [0, 0.1) is 30.7 Å². The van der Waals surface area contributed by atoms with Crippen LogP contribution in [0.1, 0.15) is 0 Å². The summed E-state index contributed by atoms with van der Waals surface area (Å²) in [5.74, 6) is 0. The summed E-state index contributed by atoms with van der Waals surface area (Å²) in [5.41, 5.74) is 0. The van der Waals surface area contributed by atoms with Crippen molar-refractivity contribution in [3.63, 3.8) is 0 Å². The molecule has 0 atom stereocenters. The minimum atomic E-state index is -4.94. The van der Waals surface area contributed by atoms with Crippen LogP contribution in [-0.4, -0.2) is 0 Å². The van der Waals surface area contributed by atoms with Crippen molar-refractivity contribution in [1.29, 1.82) is 0 Å². The molecule has 0 aliphatic carbocycles. The van der Waals surface area contributed by atoms with Crippen LogP contribution >= 0.6 is 0 Å². The van der Waals surface area contributed by atoms with Gasteiger partial charge in [0.1, 0.15) is 0 Å². The molecule has 0 unspecified atom stereocenters. The van der Waals surface area contributed by atoms with Crippen LogP contribution in [-0.2, 0) is 19.5 Å². The molecule has 0 heterocycles. The Morgan fingerprint density at radius 3 is 0.312 bits per heavy atom. The molecule has 16 heavy (non-hydrogen) atoms. The predicted octanol–water partition coefficient (Wildman–Crippen LogP) is -14.3. The zero-order valence-electron chi connectivity index (χ0n) is 6.37. The Labute approximate surface area is 106 Å². The summed E-state index contributed by atoms with van der Waals surface area (Å²) in [6, 6.07) is 0. The largest absolute Gasteiger partial charge is 3.00 e. The van der Waals surface area contributed by atoms with Gasteiger partial charge in [0, 0.05) is 0 Å². The monoisotopic (exact) mass is 400 g/mol. The molecule has 0 aromatic heterocycles. The molecule has 0 saturated carbocycles. The fraction of sp³-hybridized carbons (Fsp3) is 0. The number of rotatable bonds is 0. The van der Waals surface area contributed by atoms with Gasteiger partial charge in [-0.3, -0.25) is 0 Å². The third-order valence-corrected chi connectivity index (χ3v) is 0. The van der Waals surface area contributed by atoms with Crippen LogP contribution in [0.5, 0.6) is 0 Å². The molecule has 0 saturated heterocycles. The van der Waals surface area contributed by atoms with Gasteiger partial charge in [-0.1, -0.05) is 0 Å². The standard InChI is InChI=1S/3ClHO4.Rh/c3*2-1(3,4)5;/h3*(H,2,3,4,5);/q;;;+3/p-3. The number of halogens is 3. The first kappa shape index (κ1) is 25.8. The maximum absolute atomic E-state index is 8.49. The van der Waals surface area contributed by atoms with Crippen molar-refractivity contribution in [3.05, 3.63) is 0 Å². The van der Waals surface area contributed by atoms with Crippen LogP contribution in [0.15, 0.2) is 0 Å². The molecular formula is Cl3O12Rh. The Hall–Kier alpha value is 1.01. The quantitative estimate of drug-likeness (QED) is 0.342. The molecule has 0 amide bonds. The summed E-state index contributed by atoms with van der Waals surface area (Å²) in [6.45, 7) is 0. The average Bonchev–Trinajstić information content (AvgIpc) is 1.41. The number of hydrogen-bond acceptors (Lipinski definition) is 12. The van der Waals surface area contributed by atoms with Gasteiger partial charge in [0.15, 0.2) is 0 Å². The van der Waals surface area contributed by atoms with E-state index in [4.69, 9.17) is 55.9 Å². The summed E-state index contributed by atoms with van der Waals surface area (Å²) in [6.07, 6.45) is 0. The molecule has 0 aliphatic heterocycles. The van der Waals surface area contributed by atoms with E-state index in [2.05, 4.69) is 0 Å². The molecule has 0 aromatic rings. The number of hydrogen-bond donors (Lipinski definition) is 0. The van der Waals surface area contributed by atoms with E-state index in [-0.39, 0.29) is 19.5 Å². The molecule has 0 bridgehead atoms. The molecule has 0 radical (unpaired) electrons. The van der Waals surface area contributed by atoms with E-state index in [9.17, 15) is 0 Å². The molecule has 12 nitrogen and oxygen atoms in total. The van der Waals surface area contributed by atoms with Crippen LogP contribution in [0.25, 0.3) is 0 Å². The smallest absolute Gasteiger partial charge is 0.222 e. The Morgan fingerprint density at radius 1 is 0.312 bits per heavy atom. The zero-order chi connectivity index (χ0) is 13.5. The van der Waals surface area contributed by atoms with Crippen LogP contribution < -0.4 is 55.9 Å². The van der Waals surface area contributed by atoms with Gasteiger partial charge in [-0.15, -0.1) is 30.7 Å². The van der Waals surface area contributed by atoms with Crippen LogP contribution in [0.4, 0.5) is 0 Å². The van der Waals surface area contributed by atoms with Gasteiger partial charge in [-0.2, -0.15) is 0 Å². The molecule has 0 N–H and O–H groups in total. The molecule has 0 aliphatic rings. The van der Waals surface area contributed by atoms with Gasteiger partial charge in [-0.05, 0) is 0 Å². The molecule has 0 fully saturated rings. The molecule has 0 spiro atoms. The van der Waals surface area contributed by atoms with Crippen molar-refractivity contribution in [3.8, 4) is 0 Å². The van der Waals surface area contributed by atoms with Gasteiger partial charge in [0.25, 0.3) is 0 Å². The summed E-state index contributed by atoms with van der Waals surface area (Å²) < 4.78 is 102. The van der Waals surface area contributed by atoms with E-state index >= 15 is 0 Å². The average molecular weight is 401 g/mol. The van der Waals surface area contributed by atoms with Crippen LogP contribution in [0.2, 0.25) is 0 Å². The van der Waals surface area contributed by atoms with Crippen molar-refractivity contribution >= 4 is 0 Å². The van der Waals surface area contributed by atoms with Gasteiger partial charge in [-0.25, -0.2) is 55.9 Å². The van der Waals surface area contributed by atoms with Crippen molar-refractivity contribution < 1.29 is 106 Å². The van der Waals surface area contributed by atoms with E-state index in [0.29, 0.717) is 0 Å². The summed E-state index contributed by atoms with van der Waals surface area (Å²) in [5, 5.41) is 0. The zero-order valence-corrected chi connectivity index (χ0v) is 10.3. The molecular weight excluding hydrogens is 401 g/mol. The second kappa shape index (κ2) is 9.98. The molecule has 0 aromatic carbocycles. The minimum Gasteiger partial charge on any atom is -0.222 e. The maximum atomic E-state index is 8.49. The van der Waals surface area contributed by atoms with Crippen molar-refractivity contribution in [2.24, 2.45) is 0 Å². The SMILES string of the molecule is [O-][Cl+3]([O-])([O-])[O-].[O-][Cl+3]([O-])([O-])[O-].[O-][Cl+3]([O-])([O-])[O-].[Rh+3]. The Balaban J connectivity index is -0.0000000655. The van der Waals surface area contributed by atoms with E-state index < -0.39 is 30.7 Å². The van der Waals surface area contributed by atoms with E-state index in [0.717, 1.165) is 0 Å². The van der Waals surface area contributed by atoms with Gasteiger partial charge < -0.3 is 0 Å². The van der Waals surface area contributed by atoms with Crippen molar-refractivity contribution in [2.45, 2.75) is 0 Å². The Kier molecular flexibility index (Phi) is 16.1. The topological polar surface area (TPSA) is 277 Å². The van der Waals surface area contributed by atoms with E-state index in [1.165, 1.54) is 0 Å². The summed E-state index contributed by atoms with van der Waals surface area (Å²) in [4.78, 5) is 0. The Bertz CT molecular complexity index is 91.3. The molecule has 0 rings (SSSR count). The first-order chi connectivity index (χ1) is 6.00. The minimum absolute atomic E-state index is 0. The molecule has 16 heteroatoms. The van der Waals surface area contributed by atoms with Gasteiger partial charge >= 0.3 is 19.5 Å². The first-order valence-corrected chi connectivity index (χ1v) is 5.55. The Morgan fingerprint density at radius 2 is 0.312 bits per heavy atom. The second-order valence-electron chi connectivity index (χ2n) is 1.13. The fourth-order valence-electron chi connectivity index (χ4n) is 0.